The molecule has 32 heavy (non-hydrogen) atoms. The Labute approximate surface area is 183 Å². The molecule has 10 heteroatoms. The van der Waals surface area contributed by atoms with Crippen molar-refractivity contribution >= 4 is 21.7 Å². The first kappa shape index (κ1) is 21.5. The lowest BCUT2D eigenvalue weighted by Gasteiger charge is -2.11. The van der Waals surface area contributed by atoms with E-state index in [4.69, 9.17) is 4.42 Å². The average molecular weight is 454 g/mol. The molecule has 0 bridgehead atoms. The normalized spacial score (nSPS) is 11.4. The molecule has 8 nitrogen and oxygen atoms in total. The molecule has 2 aromatic heterocycles. The van der Waals surface area contributed by atoms with Gasteiger partial charge in [0.25, 0.3) is 15.9 Å². The topological polar surface area (TPSA) is 106 Å². The van der Waals surface area contributed by atoms with Gasteiger partial charge in [-0.2, -0.15) is 0 Å². The van der Waals surface area contributed by atoms with Crippen LogP contribution in [0.25, 0.3) is 11.3 Å². The van der Waals surface area contributed by atoms with Gasteiger partial charge in [-0.05, 0) is 49.0 Å². The number of hydrogen-bond acceptors (Lipinski definition) is 5. The van der Waals surface area contributed by atoms with E-state index in [0.29, 0.717) is 23.6 Å². The van der Waals surface area contributed by atoms with Gasteiger partial charge >= 0.3 is 0 Å². The molecule has 0 atom stereocenters. The van der Waals surface area contributed by atoms with Crippen molar-refractivity contribution in [3.05, 3.63) is 90.2 Å². The van der Waals surface area contributed by atoms with Crippen LogP contribution in [0.15, 0.2) is 82.6 Å². The summed E-state index contributed by atoms with van der Waals surface area (Å²) < 4.78 is 46.3. The van der Waals surface area contributed by atoms with Crippen LogP contribution in [0, 0.1) is 5.82 Å². The zero-order chi connectivity index (χ0) is 22.7. The summed E-state index contributed by atoms with van der Waals surface area (Å²) >= 11 is 0. The number of rotatable bonds is 7. The van der Waals surface area contributed by atoms with Crippen LogP contribution >= 0.6 is 0 Å². The van der Waals surface area contributed by atoms with Crippen LogP contribution in [0.5, 0.6) is 0 Å². The van der Waals surface area contributed by atoms with Gasteiger partial charge < -0.3 is 14.3 Å². The number of halogens is 1. The van der Waals surface area contributed by atoms with E-state index in [1.165, 1.54) is 31.3 Å². The van der Waals surface area contributed by atoms with E-state index in [2.05, 4.69) is 15.0 Å². The zero-order valence-electron chi connectivity index (χ0n) is 16.9. The molecule has 4 aromatic rings. The van der Waals surface area contributed by atoms with Crippen LogP contribution in [-0.4, -0.2) is 30.9 Å². The summed E-state index contributed by atoms with van der Waals surface area (Å²) in [5.74, 6) is -0.867. The Hall–Kier alpha value is -3.76. The highest BCUT2D eigenvalue weighted by molar-refractivity contribution is 7.89. The number of amides is 1. The van der Waals surface area contributed by atoms with Crippen molar-refractivity contribution in [2.75, 3.05) is 12.4 Å². The Morgan fingerprint density at radius 1 is 1.06 bits per heavy atom. The van der Waals surface area contributed by atoms with E-state index in [9.17, 15) is 17.6 Å². The van der Waals surface area contributed by atoms with E-state index in [1.807, 2.05) is 30.3 Å². The van der Waals surface area contributed by atoms with Crippen LogP contribution in [0.4, 0.5) is 10.2 Å². The number of carbonyl (C=O) groups is 1. The Morgan fingerprint density at radius 2 is 1.78 bits per heavy atom. The van der Waals surface area contributed by atoms with Crippen molar-refractivity contribution in [1.29, 1.82) is 0 Å². The molecule has 164 valence electrons. The first-order valence-electron chi connectivity index (χ1n) is 9.57. The van der Waals surface area contributed by atoms with E-state index in [-0.39, 0.29) is 10.9 Å². The van der Waals surface area contributed by atoms with Crippen LogP contribution in [-0.2, 0) is 16.6 Å². The number of carbonyl (C=O) groups excluding carboxylic acids is 1. The maximum absolute atomic E-state index is 13.4. The standard InChI is InChI=1S/C22H19FN4O4S/c1-24-32(29,30)19-12-11-18(31-19)22(28)26-21-20(16-7-9-17(23)10-8-16)25-14-27(21)13-15-5-3-2-4-6-15/h2-12,14,24H,13H2,1H3,(H,26,28). The summed E-state index contributed by atoms with van der Waals surface area (Å²) in [5.41, 5.74) is 2.02. The summed E-state index contributed by atoms with van der Waals surface area (Å²) in [4.78, 5) is 17.3. The minimum atomic E-state index is -3.83. The molecule has 0 fully saturated rings. The predicted molar refractivity (Wildman–Crippen MR) is 116 cm³/mol. The summed E-state index contributed by atoms with van der Waals surface area (Å²) in [5, 5.41) is 2.38. The number of aromatic nitrogens is 2. The number of furan rings is 1. The number of benzene rings is 2. The molecule has 2 heterocycles. The van der Waals surface area contributed by atoms with Gasteiger partial charge in [0, 0.05) is 5.56 Å². The maximum atomic E-state index is 13.4. The molecule has 0 aliphatic heterocycles. The second-order valence-corrected chi connectivity index (χ2v) is 8.66. The second kappa shape index (κ2) is 8.77. The van der Waals surface area contributed by atoms with E-state index in [0.717, 1.165) is 5.56 Å². The zero-order valence-corrected chi connectivity index (χ0v) is 17.8. The largest absolute Gasteiger partial charge is 0.438 e. The van der Waals surface area contributed by atoms with Crippen molar-refractivity contribution in [1.82, 2.24) is 14.3 Å². The van der Waals surface area contributed by atoms with Crippen LogP contribution in [0.3, 0.4) is 0 Å². The van der Waals surface area contributed by atoms with Crippen LogP contribution < -0.4 is 10.0 Å². The monoisotopic (exact) mass is 454 g/mol. The molecule has 1 amide bonds. The van der Waals surface area contributed by atoms with Crippen molar-refractivity contribution < 1.29 is 22.0 Å². The molecular formula is C22H19FN4O4S. The highest BCUT2D eigenvalue weighted by atomic mass is 32.2. The van der Waals surface area contributed by atoms with E-state index >= 15 is 0 Å². The first-order chi connectivity index (χ1) is 15.4. The molecule has 0 aliphatic rings. The third-order valence-corrected chi connectivity index (χ3v) is 6.01. The SMILES string of the molecule is CNS(=O)(=O)c1ccc(C(=O)Nc2c(-c3ccc(F)cc3)ncn2Cc2ccccc2)o1. The average Bonchev–Trinajstić information content (AvgIpc) is 3.44. The smallest absolute Gasteiger partial charge is 0.292 e. The molecule has 0 saturated heterocycles. The van der Waals surface area contributed by atoms with Gasteiger partial charge in [-0.1, -0.05) is 30.3 Å². The Morgan fingerprint density at radius 3 is 2.47 bits per heavy atom. The third kappa shape index (κ3) is 4.46. The molecule has 0 saturated carbocycles. The molecule has 2 aromatic carbocycles. The van der Waals surface area contributed by atoms with Gasteiger partial charge in [0.1, 0.15) is 17.3 Å². The van der Waals surface area contributed by atoms with Gasteiger partial charge in [-0.15, -0.1) is 0 Å². The van der Waals surface area contributed by atoms with Gasteiger partial charge in [0.2, 0.25) is 5.09 Å². The van der Waals surface area contributed by atoms with Gasteiger partial charge in [0.05, 0.1) is 12.9 Å². The lowest BCUT2D eigenvalue weighted by molar-refractivity contribution is 0.0990. The number of anilines is 1. The molecule has 0 aliphatic carbocycles. The first-order valence-corrected chi connectivity index (χ1v) is 11.1. The molecule has 2 N–H and O–H groups in total. The van der Waals surface area contributed by atoms with Crippen LogP contribution in [0.2, 0.25) is 0 Å². The number of sulfonamides is 1. The summed E-state index contributed by atoms with van der Waals surface area (Å²) in [6.45, 7) is 0.419. The Bertz CT molecular complexity index is 1350. The second-order valence-electron chi connectivity index (χ2n) is 6.84. The quantitative estimate of drug-likeness (QED) is 0.445. The Kier molecular flexibility index (Phi) is 5.89. The van der Waals surface area contributed by atoms with Crippen molar-refractivity contribution in [2.45, 2.75) is 11.6 Å². The lowest BCUT2D eigenvalue weighted by Crippen LogP contribution is -2.18. The fraction of sp³-hybridized carbons (Fsp3) is 0.0909. The van der Waals surface area contributed by atoms with E-state index < -0.39 is 21.7 Å². The van der Waals surface area contributed by atoms with Crippen molar-refractivity contribution in [3.8, 4) is 11.3 Å². The summed E-state index contributed by atoms with van der Waals surface area (Å²) in [6.07, 6.45) is 1.57. The van der Waals surface area contributed by atoms with Crippen LogP contribution in [0.1, 0.15) is 16.1 Å². The number of nitrogens with one attached hydrogen (secondary N) is 2. The summed E-state index contributed by atoms with van der Waals surface area (Å²) in [6, 6.07) is 17.8. The molecule has 0 spiro atoms. The lowest BCUT2D eigenvalue weighted by atomic mass is 10.1. The highest BCUT2D eigenvalue weighted by Crippen LogP contribution is 2.28. The minimum absolute atomic E-state index is 0.184. The Balaban J connectivity index is 1.69. The number of nitrogens with zero attached hydrogens (tertiary/aromatic N) is 2. The fourth-order valence-corrected chi connectivity index (χ4v) is 3.74. The molecule has 0 unspecified atom stereocenters. The third-order valence-electron chi connectivity index (χ3n) is 4.72. The van der Waals surface area contributed by atoms with E-state index in [1.54, 1.807) is 23.0 Å². The predicted octanol–water partition coefficient (Wildman–Crippen LogP) is 3.49. The molecular weight excluding hydrogens is 435 g/mol. The van der Waals surface area contributed by atoms with Gasteiger partial charge in [-0.3, -0.25) is 4.79 Å². The highest BCUT2D eigenvalue weighted by Gasteiger charge is 2.22. The van der Waals surface area contributed by atoms with Gasteiger partial charge in [0.15, 0.2) is 5.76 Å². The molecule has 4 rings (SSSR count). The molecule has 0 radical (unpaired) electrons. The minimum Gasteiger partial charge on any atom is -0.438 e. The van der Waals surface area contributed by atoms with Gasteiger partial charge in [-0.25, -0.2) is 22.5 Å². The fourth-order valence-electron chi connectivity index (χ4n) is 3.09. The van der Waals surface area contributed by atoms with Crippen molar-refractivity contribution in [2.24, 2.45) is 0 Å². The maximum Gasteiger partial charge on any atom is 0.292 e. The number of imidazole rings is 1. The van der Waals surface area contributed by atoms with Crippen molar-refractivity contribution in [3.63, 3.8) is 0 Å². The number of hydrogen-bond donors (Lipinski definition) is 2. The summed E-state index contributed by atoms with van der Waals surface area (Å²) in [7, 11) is -2.58.